The number of thioether (sulfide) groups is 1. The Balaban J connectivity index is 2.23. The van der Waals surface area contributed by atoms with E-state index in [2.05, 4.69) is 45.4 Å². The molecule has 3 nitrogen and oxygen atoms in total. The molecule has 0 saturated heterocycles. The number of rotatable bonds is 5. The third-order valence-electron chi connectivity index (χ3n) is 2.77. The van der Waals surface area contributed by atoms with E-state index in [1.807, 2.05) is 30.3 Å². The molecule has 0 aliphatic heterocycles. The SMILES string of the molecule is NC(CC(Sc1cccc(Br)c1)c1ccccc1)=NO. The molecule has 0 aromatic heterocycles. The van der Waals surface area contributed by atoms with Crippen molar-refractivity contribution in [3.8, 4) is 0 Å². The Morgan fingerprint density at radius 1 is 1.20 bits per heavy atom. The second-order valence-electron chi connectivity index (χ2n) is 4.27. The van der Waals surface area contributed by atoms with Crippen molar-refractivity contribution in [2.45, 2.75) is 16.6 Å². The van der Waals surface area contributed by atoms with Crippen LogP contribution in [0.15, 0.2) is 69.1 Å². The lowest BCUT2D eigenvalue weighted by Crippen LogP contribution is -2.14. The lowest BCUT2D eigenvalue weighted by molar-refractivity contribution is 0.317. The predicted octanol–water partition coefficient (Wildman–Crippen LogP) is 4.42. The Morgan fingerprint density at radius 3 is 2.60 bits per heavy atom. The number of hydrogen-bond donors (Lipinski definition) is 2. The first-order valence-corrected chi connectivity index (χ1v) is 7.80. The van der Waals surface area contributed by atoms with Gasteiger partial charge in [0.2, 0.25) is 0 Å². The van der Waals surface area contributed by atoms with Gasteiger partial charge in [-0.3, -0.25) is 0 Å². The highest BCUT2D eigenvalue weighted by molar-refractivity contribution is 9.10. The fraction of sp³-hybridized carbons (Fsp3) is 0.133. The molecule has 0 aliphatic carbocycles. The Morgan fingerprint density at radius 2 is 1.95 bits per heavy atom. The van der Waals surface area contributed by atoms with Crippen LogP contribution < -0.4 is 5.73 Å². The molecular weight excluding hydrogens is 336 g/mol. The van der Waals surface area contributed by atoms with Gasteiger partial charge in [0.15, 0.2) is 0 Å². The van der Waals surface area contributed by atoms with Crippen LogP contribution in [0.5, 0.6) is 0 Å². The topological polar surface area (TPSA) is 58.6 Å². The lowest BCUT2D eigenvalue weighted by atomic mass is 10.1. The van der Waals surface area contributed by atoms with Crippen LogP contribution in [0.4, 0.5) is 0 Å². The fourth-order valence-corrected chi connectivity index (χ4v) is 3.61. The standard InChI is InChI=1S/C15H15BrN2OS/c16-12-7-4-8-13(9-12)20-14(10-15(17)18-19)11-5-2-1-3-6-11/h1-9,14,19H,10H2,(H2,17,18). The smallest absolute Gasteiger partial charge is 0.140 e. The number of benzene rings is 2. The summed E-state index contributed by atoms with van der Waals surface area (Å²) in [6, 6.07) is 18.2. The quantitative estimate of drug-likeness (QED) is 0.276. The van der Waals surface area contributed by atoms with E-state index < -0.39 is 0 Å². The Bertz CT molecular complexity index is 589. The molecular formula is C15H15BrN2OS. The molecule has 1 atom stereocenters. The largest absolute Gasteiger partial charge is 0.409 e. The van der Waals surface area contributed by atoms with Crippen molar-refractivity contribution in [2.75, 3.05) is 0 Å². The predicted molar refractivity (Wildman–Crippen MR) is 87.2 cm³/mol. The van der Waals surface area contributed by atoms with Gasteiger partial charge in [0.1, 0.15) is 5.84 Å². The molecule has 2 aromatic rings. The number of amidine groups is 1. The molecule has 0 bridgehead atoms. The molecule has 20 heavy (non-hydrogen) atoms. The highest BCUT2D eigenvalue weighted by atomic mass is 79.9. The zero-order valence-electron chi connectivity index (χ0n) is 10.7. The lowest BCUT2D eigenvalue weighted by Gasteiger charge is -2.16. The van der Waals surface area contributed by atoms with Crippen LogP contribution in [0.1, 0.15) is 17.2 Å². The zero-order valence-corrected chi connectivity index (χ0v) is 13.1. The minimum atomic E-state index is 0.112. The molecule has 2 rings (SSSR count). The second-order valence-corrected chi connectivity index (χ2v) is 6.46. The van der Waals surface area contributed by atoms with E-state index in [-0.39, 0.29) is 11.1 Å². The van der Waals surface area contributed by atoms with Gasteiger partial charge < -0.3 is 10.9 Å². The van der Waals surface area contributed by atoms with Crippen LogP contribution in [0, 0.1) is 0 Å². The number of oxime groups is 1. The molecule has 0 spiro atoms. The van der Waals surface area contributed by atoms with Crippen molar-refractivity contribution in [1.29, 1.82) is 0 Å². The van der Waals surface area contributed by atoms with Crippen molar-refractivity contribution in [2.24, 2.45) is 10.9 Å². The molecule has 3 N–H and O–H groups in total. The van der Waals surface area contributed by atoms with Gasteiger partial charge in [-0.1, -0.05) is 57.5 Å². The van der Waals surface area contributed by atoms with Crippen molar-refractivity contribution in [3.63, 3.8) is 0 Å². The van der Waals surface area contributed by atoms with Gasteiger partial charge in [0.05, 0.1) is 0 Å². The third-order valence-corrected chi connectivity index (χ3v) is 4.51. The van der Waals surface area contributed by atoms with Crippen molar-refractivity contribution >= 4 is 33.5 Å². The van der Waals surface area contributed by atoms with E-state index in [1.165, 1.54) is 0 Å². The Hall–Kier alpha value is -1.46. The molecule has 0 aliphatic rings. The molecule has 0 heterocycles. The summed E-state index contributed by atoms with van der Waals surface area (Å²) in [5, 5.41) is 12.0. The van der Waals surface area contributed by atoms with E-state index in [4.69, 9.17) is 10.9 Å². The average molecular weight is 351 g/mol. The summed E-state index contributed by atoms with van der Waals surface area (Å²) < 4.78 is 1.04. The van der Waals surface area contributed by atoms with Gasteiger partial charge in [-0.15, -0.1) is 11.8 Å². The molecule has 0 radical (unpaired) electrons. The maximum atomic E-state index is 8.79. The van der Waals surface area contributed by atoms with Crippen LogP contribution >= 0.6 is 27.7 Å². The summed E-state index contributed by atoms with van der Waals surface area (Å²) >= 11 is 5.17. The molecule has 5 heteroatoms. The van der Waals surface area contributed by atoms with Gasteiger partial charge in [-0.05, 0) is 23.8 Å². The minimum Gasteiger partial charge on any atom is -0.409 e. The maximum absolute atomic E-state index is 8.79. The summed E-state index contributed by atoms with van der Waals surface area (Å²) in [6.45, 7) is 0. The fourth-order valence-electron chi connectivity index (χ4n) is 1.83. The average Bonchev–Trinajstić information content (AvgIpc) is 2.47. The van der Waals surface area contributed by atoms with Crippen LogP contribution in [0.2, 0.25) is 0 Å². The first kappa shape index (κ1) is 14.9. The summed E-state index contributed by atoms with van der Waals surface area (Å²) in [5.74, 6) is 0.237. The number of nitrogens with two attached hydrogens (primary N) is 1. The van der Waals surface area contributed by atoms with Gasteiger partial charge in [-0.25, -0.2) is 0 Å². The normalized spacial score (nSPS) is 13.2. The molecule has 104 valence electrons. The van der Waals surface area contributed by atoms with Gasteiger partial charge in [-0.2, -0.15) is 0 Å². The summed E-state index contributed by atoms with van der Waals surface area (Å²) in [7, 11) is 0. The van der Waals surface area contributed by atoms with E-state index in [9.17, 15) is 0 Å². The van der Waals surface area contributed by atoms with Crippen molar-refractivity contribution in [1.82, 2.24) is 0 Å². The Kier molecular flexibility index (Phi) is 5.49. The van der Waals surface area contributed by atoms with Gasteiger partial charge >= 0.3 is 0 Å². The molecule has 0 saturated carbocycles. The molecule has 1 unspecified atom stereocenters. The van der Waals surface area contributed by atoms with Crippen LogP contribution in [0.3, 0.4) is 0 Å². The van der Waals surface area contributed by atoms with Gasteiger partial charge in [0.25, 0.3) is 0 Å². The van der Waals surface area contributed by atoms with E-state index in [0.717, 1.165) is 14.9 Å². The highest BCUT2D eigenvalue weighted by Gasteiger charge is 2.15. The maximum Gasteiger partial charge on any atom is 0.140 e. The second kappa shape index (κ2) is 7.36. The number of nitrogens with zero attached hydrogens (tertiary/aromatic N) is 1. The summed E-state index contributed by atoms with van der Waals surface area (Å²) in [6.07, 6.45) is 0.498. The summed E-state index contributed by atoms with van der Waals surface area (Å²) in [4.78, 5) is 1.14. The zero-order chi connectivity index (χ0) is 14.4. The summed E-state index contributed by atoms with van der Waals surface area (Å²) in [5.41, 5.74) is 6.83. The molecule has 0 fully saturated rings. The number of hydrogen-bond acceptors (Lipinski definition) is 3. The monoisotopic (exact) mass is 350 g/mol. The first-order chi connectivity index (χ1) is 9.69. The molecule has 0 amide bonds. The Labute approximate surface area is 131 Å². The van der Waals surface area contributed by atoms with Crippen LogP contribution in [-0.4, -0.2) is 11.0 Å². The van der Waals surface area contributed by atoms with Crippen LogP contribution in [-0.2, 0) is 0 Å². The van der Waals surface area contributed by atoms with E-state index in [0.29, 0.717) is 6.42 Å². The number of halogens is 1. The first-order valence-electron chi connectivity index (χ1n) is 6.12. The van der Waals surface area contributed by atoms with Crippen molar-refractivity contribution < 1.29 is 5.21 Å². The highest BCUT2D eigenvalue weighted by Crippen LogP contribution is 2.38. The minimum absolute atomic E-state index is 0.112. The molecule has 2 aromatic carbocycles. The van der Waals surface area contributed by atoms with Gasteiger partial charge in [0, 0.05) is 21.0 Å². The van der Waals surface area contributed by atoms with E-state index >= 15 is 0 Å². The third kappa shape index (κ3) is 4.28. The van der Waals surface area contributed by atoms with Crippen molar-refractivity contribution in [3.05, 3.63) is 64.6 Å². The van der Waals surface area contributed by atoms with Crippen LogP contribution in [0.25, 0.3) is 0 Å². The van der Waals surface area contributed by atoms with E-state index in [1.54, 1.807) is 11.8 Å².